The average Bonchev–Trinajstić information content (AvgIpc) is 2.57. The number of ether oxygens (including phenoxy) is 2. The van der Waals surface area contributed by atoms with Crippen LogP contribution in [0.2, 0.25) is 0 Å². The van der Waals surface area contributed by atoms with Crippen molar-refractivity contribution in [3.8, 4) is 5.75 Å². The Morgan fingerprint density at radius 3 is 2.87 bits per heavy atom. The maximum Gasteiger partial charge on any atom is 0.123 e. The summed E-state index contributed by atoms with van der Waals surface area (Å²) in [5.41, 5.74) is 1.33. The molecule has 0 spiro atoms. The maximum absolute atomic E-state index is 5.82. The summed E-state index contributed by atoms with van der Waals surface area (Å²) in [5, 5.41) is 3.45. The predicted molar refractivity (Wildman–Crippen MR) is 57.2 cm³/mol. The molecule has 0 amide bonds. The van der Waals surface area contributed by atoms with Crippen LogP contribution in [0, 0.1) is 0 Å². The van der Waals surface area contributed by atoms with Gasteiger partial charge in [-0.25, -0.2) is 0 Å². The van der Waals surface area contributed by atoms with E-state index in [1.54, 1.807) is 0 Å². The minimum Gasteiger partial charge on any atom is -0.488 e. The fourth-order valence-electron chi connectivity index (χ4n) is 2.02. The third-order valence-electron chi connectivity index (χ3n) is 2.99. The molecule has 0 bridgehead atoms. The lowest BCUT2D eigenvalue weighted by Crippen LogP contribution is -2.49. The van der Waals surface area contributed by atoms with Crippen LogP contribution in [0.25, 0.3) is 0 Å². The van der Waals surface area contributed by atoms with Gasteiger partial charge in [0.05, 0.1) is 19.3 Å². The summed E-state index contributed by atoms with van der Waals surface area (Å²) < 4.78 is 10.9. The largest absolute Gasteiger partial charge is 0.488 e. The van der Waals surface area contributed by atoms with Crippen LogP contribution in [0.15, 0.2) is 24.3 Å². The molecule has 1 saturated heterocycles. The molecule has 2 aliphatic rings. The molecule has 1 aromatic rings. The second-order valence-electron chi connectivity index (χ2n) is 4.19. The Bertz CT molecular complexity index is 324. The summed E-state index contributed by atoms with van der Waals surface area (Å²) in [7, 11) is 0. The molecule has 15 heavy (non-hydrogen) atoms. The topological polar surface area (TPSA) is 30.5 Å². The van der Waals surface area contributed by atoms with Crippen molar-refractivity contribution in [3.63, 3.8) is 0 Å². The molecular weight excluding hydrogens is 190 g/mol. The summed E-state index contributed by atoms with van der Waals surface area (Å²) in [6.45, 7) is 2.61. The van der Waals surface area contributed by atoms with E-state index >= 15 is 0 Å². The first-order chi connectivity index (χ1) is 7.42. The molecule has 3 heteroatoms. The second-order valence-corrected chi connectivity index (χ2v) is 4.19. The van der Waals surface area contributed by atoms with Crippen LogP contribution < -0.4 is 10.1 Å². The molecule has 1 unspecified atom stereocenters. The van der Waals surface area contributed by atoms with Gasteiger partial charge in [0.1, 0.15) is 11.9 Å². The first-order valence-corrected chi connectivity index (χ1v) is 5.47. The quantitative estimate of drug-likeness (QED) is 0.798. The molecule has 3 nitrogen and oxygen atoms in total. The van der Waals surface area contributed by atoms with Crippen molar-refractivity contribution in [3.05, 3.63) is 29.8 Å². The van der Waals surface area contributed by atoms with Crippen molar-refractivity contribution >= 4 is 0 Å². The van der Waals surface area contributed by atoms with Crippen molar-refractivity contribution in [1.29, 1.82) is 0 Å². The number of hydrogen-bond donors (Lipinski definition) is 1. The van der Waals surface area contributed by atoms with E-state index in [2.05, 4.69) is 17.4 Å². The molecule has 1 N–H and O–H groups in total. The highest BCUT2D eigenvalue weighted by Crippen LogP contribution is 2.27. The van der Waals surface area contributed by atoms with Crippen LogP contribution in [0.1, 0.15) is 5.56 Å². The van der Waals surface area contributed by atoms with Crippen LogP contribution in [-0.4, -0.2) is 31.9 Å². The molecule has 1 aromatic carbocycles. The van der Waals surface area contributed by atoms with E-state index in [1.807, 2.05) is 12.1 Å². The standard InChI is InChI=1S/C12H15NO2/c1-2-4-12-9(3-1)5-11(15-12)6-13-10-7-14-8-10/h1-4,10-11,13H,5-8H2. The van der Waals surface area contributed by atoms with Gasteiger partial charge in [-0.2, -0.15) is 0 Å². The monoisotopic (exact) mass is 205 g/mol. The molecule has 1 atom stereocenters. The third kappa shape index (κ3) is 1.85. The van der Waals surface area contributed by atoms with E-state index in [4.69, 9.17) is 9.47 Å². The summed E-state index contributed by atoms with van der Waals surface area (Å²) in [4.78, 5) is 0. The number of hydrogen-bond acceptors (Lipinski definition) is 3. The zero-order chi connectivity index (χ0) is 10.1. The number of para-hydroxylation sites is 1. The van der Waals surface area contributed by atoms with Gasteiger partial charge in [0.25, 0.3) is 0 Å². The number of benzene rings is 1. The minimum absolute atomic E-state index is 0.294. The van der Waals surface area contributed by atoms with Crippen LogP contribution in [0.3, 0.4) is 0 Å². The van der Waals surface area contributed by atoms with Gasteiger partial charge >= 0.3 is 0 Å². The number of nitrogens with one attached hydrogen (secondary N) is 1. The summed E-state index contributed by atoms with van der Waals surface area (Å²) >= 11 is 0. The average molecular weight is 205 g/mol. The van der Waals surface area contributed by atoms with Crippen LogP contribution >= 0.6 is 0 Å². The first kappa shape index (κ1) is 9.19. The summed E-state index contributed by atoms with van der Waals surface area (Å²) in [5.74, 6) is 1.05. The van der Waals surface area contributed by atoms with Crippen LogP contribution in [-0.2, 0) is 11.2 Å². The van der Waals surface area contributed by atoms with Crippen LogP contribution in [0.4, 0.5) is 0 Å². The van der Waals surface area contributed by atoms with Gasteiger partial charge in [0.15, 0.2) is 0 Å². The molecule has 80 valence electrons. The highest BCUT2D eigenvalue weighted by atomic mass is 16.5. The summed E-state index contributed by atoms with van der Waals surface area (Å²) in [6.07, 6.45) is 1.32. The lowest BCUT2D eigenvalue weighted by molar-refractivity contribution is -0.00810. The van der Waals surface area contributed by atoms with Gasteiger partial charge in [-0.15, -0.1) is 0 Å². The Balaban J connectivity index is 1.54. The molecule has 2 heterocycles. The Hall–Kier alpha value is -1.06. The molecule has 1 fully saturated rings. The van der Waals surface area contributed by atoms with Crippen molar-refractivity contribution < 1.29 is 9.47 Å². The van der Waals surface area contributed by atoms with Crippen molar-refractivity contribution in [2.24, 2.45) is 0 Å². The lowest BCUT2D eigenvalue weighted by Gasteiger charge is -2.28. The zero-order valence-electron chi connectivity index (χ0n) is 8.61. The van der Waals surface area contributed by atoms with E-state index < -0.39 is 0 Å². The molecule has 0 saturated carbocycles. The van der Waals surface area contributed by atoms with Gasteiger partial charge in [0, 0.05) is 13.0 Å². The van der Waals surface area contributed by atoms with Crippen molar-refractivity contribution in [2.45, 2.75) is 18.6 Å². The predicted octanol–water partition coefficient (Wildman–Crippen LogP) is 0.978. The number of fused-ring (bicyclic) bond motifs is 1. The zero-order valence-corrected chi connectivity index (χ0v) is 8.61. The van der Waals surface area contributed by atoms with Gasteiger partial charge in [-0.3, -0.25) is 0 Å². The van der Waals surface area contributed by atoms with E-state index in [1.165, 1.54) is 5.56 Å². The van der Waals surface area contributed by atoms with E-state index in [0.29, 0.717) is 12.1 Å². The Labute approximate surface area is 89.4 Å². The fraction of sp³-hybridized carbons (Fsp3) is 0.500. The number of rotatable bonds is 3. The Morgan fingerprint density at radius 2 is 2.13 bits per heavy atom. The molecule has 3 rings (SSSR count). The highest BCUT2D eigenvalue weighted by molar-refractivity contribution is 5.37. The van der Waals surface area contributed by atoms with Crippen molar-refractivity contribution in [2.75, 3.05) is 19.8 Å². The fourth-order valence-corrected chi connectivity index (χ4v) is 2.02. The molecular formula is C12H15NO2. The Morgan fingerprint density at radius 1 is 1.27 bits per heavy atom. The lowest BCUT2D eigenvalue weighted by atomic mass is 10.1. The van der Waals surface area contributed by atoms with Crippen molar-refractivity contribution in [1.82, 2.24) is 5.32 Å². The van der Waals surface area contributed by atoms with E-state index in [-0.39, 0.29) is 0 Å². The summed E-state index contributed by atoms with van der Waals surface area (Å²) in [6, 6.07) is 8.81. The third-order valence-corrected chi connectivity index (χ3v) is 2.99. The SMILES string of the molecule is c1ccc2c(c1)CC(CNC1COC1)O2. The highest BCUT2D eigenvalue weighted by Gasteiger charge is 2.24. The van der Waals surface area contributed by atoms with Gasteiger partial charge in [0.2, 0.25) is 0 Å². The molecule has 0 aromatic heterocycles. The van der Waals surface area contributed by atoms with Gasteiger partial charge < -0.3 is 14.8 Å². The molecule has 0 aliphatic carbocycles. The first-order valence-electron chi connectivity index (χ1n) is 5.47. The normalized spacial score (nSPS) is 24.4. The molecule has 0 radical (unpaired) electrons. The van der Waals surface area contributed by atoms with Gasteiger partial charge in [-0.05, 0) is 11.6 Å². The Kier molecular flexibility index (Phi) is 2.35. The molecule has 2 aliphatic heterocycles. The second kappa shape index (κ2) is 3.83. The van der Waals surface area contributed by atoms with Gasteiger partial charge in [-0.1, -0.05) is 18.2 Å². The smallest absolute Gasteiger partial charge is 0.123 e. The maximum atomic E-state index is 5.82. The van der Waals surface area contributed by atoms with E-state index in [9.17, 15) is 0 Å². The van der Waals surface area contributed by atoms with E-state index in [0.717, 1.165) is 31.9 Å². The van der Waals surface area contributed by atoms with Crippen LogP contribution in [0.5, 0.6) is 5.75 Å². The minimum atomic E-state index is 0.294.